The lowest BCUT2D eigenvalue weighted by Gasteiger charge is -2.41. The maximum absolute atomic E-state index is 13.1. The highest BCUT2D eigenvalue weighted by atomic mass is 32.3. The number of nitrogens with one attached hydrogen (secondary N) is 1. The van der Waals surface area contributed by atoms with E-state index in [0.717, 1.165) is 44.9 Å². The quantitative estimate of drug-likeness (QED) is 0.0187. The lowest BCUT2D eigenvalue weighted by atomic mass is 9.99. The van der Waals surface area contributed by atoms with Gasteiger partial charge in [0.2, 0.25) is 5.91 Å². The first kappa shape index (κ1) is 54.3. The van der Waals surface area contributed by atoms with Gasteiger partial charge in [-0.2, -0.15) is 8.42 Å². The van der Waals surface area contributed by atoms with Gasteiger partial charge in [-0.05, 0) is 38.5 Å². The number of hydrogen-bond donors (Lipinski definition) is 7. The average Bonchev–Trinajstić information content (AvgIpc) is 3.19. The molecule has 1 aliphatic heterocycles. The van der Waals surface area contributed by atoms with E-state index < -0.39 is 78.5 Å². The van der Waals surface area contributed by atoms with Crippen LogP contribution in [-0.4, -0.2) is 107 Å². The SMILES string of the molecule is CC/C=C/CC/C=C/CC/C=C/C(O)C(COC1OC(CO)C(O)C(OS(=O)(=O)O)C1O)NC(=O)C(O)CCCCCCCCCCCCCCCCCCCCC. The second-order valence-electron chi connectivity index (χ2n) is 15.7. The Morgan fingerprint density at radius 3 is 1.64 bits per heavy atom. The number of unbranched alkanes of at least 4 members (excludes halogenated alkanes) is 20. The molecule has 340 valence electrons. The van der Waals surface area contributed by atoms with Crippen molar-refractivity contribution in [2.45, 2.75) is 223 Å². The van der Waals surface area contributed by atoms with Crippen molar-refractivity contribution < 1.29 is 57.0 Å². The summed E-state index contributed by atoms with van der Waals surface area (Å²) >= 11 is 0. The minimum atomic E-state index is -5.12. The van der Waals surface area contributed by atoms with Gasteiger partial charge in [0.05, 0.1) is 25.4 Å². The Kier molecular flexibility index (Phi) is 32.7. The van der Waals surface area contributed by atoms with E-state index in [1.807, 2.05) is 0 Å². The Balaban J connectivity index is 2.53. The predicted molar refractivity (Wildman–Crippen MR) is 228 cm³/mol. The first-order chi connectivity index (χ1) is 27.9. The molecule has 1 fully saturated rings. The van der Waals surface area contributed by atoms with Crippen LogP contribution in [-0.2, 0) is 28.9 Å². The first-order valence-corrected chi connectivity index (χ1v) is 23.8. The van der Waals surface area contributed by atoms with Crippen LogP contribution in [0.5, 0.6) is 0 Å². The highest BCUT2D eigenvalue weighted by molar-refractivity contribution is 7.80. The van der Waals surface area contributed by atoms with Gasteiger partial charge in [-0.25, -0.2) is 4.18 Å². The Bertz CT molecular complexity index is 1200. The van der Waals surface area contributed by atoms with Crippen LogP contribution in [0.25, 0.3) is 0 Å². The van der Waals surface area contributed by atoms with Crippen LogP contribution in [0.15, 0.2) is 36.5 Å². The molecule has 0 aliphatic carbocycles. The van der Waals surface area contributed by atoms with E-state index in [1.165, 1.54) is 102 Å². The molecule has 0 aromatic heterocycles. The van der Waals surface area contributed by atoms with E-state index in [1.54, 1.807) is 6.08 Å². The van der Waals surface area contributed by atoms with Gasteiger partial charge in [0.25, 0.3) is 0 Å². The molecule has 8 atom stereocenters. The second-order valence-corrected chi connectivity index (χ2v) is 16.8. The van der Waals surface area contributed by atoms with Crippen molar-refractivity contribution >= 4 is 16.3 Å². The van der Waals surface area contributed by atoms with Crippen molar-refractivity contribution in [3.05, 3.63) is 36.5 Å². The zero-order valence-electron chi connectivity index (χ0n) is 35.7. The second kappa shape index (κ2) is 34.9. The zero-order chi connectivity index (χ0) is 42.9. The number of hydrogen-bond acceptors (Lipinski definition) is 11. The van der Waals surface area contributed by atoms with E-state index in [0.29, 0.717) is 12.8 Å². The number of carbonyl (C=O) groups is 1. The van der Waals surface area contributed by atoms with Crippen LogP contribution in [0, 0.1) is 0 Å². The van der Waals surface area contributed by atoms with E-state index in [-0.39, 0.29) is 6.42 Å². The fourth-order valence-electron chi connectivity index (χ4n) is 6.97. The standard InChI is InChI=1S/C44H81NO12S/c1-3-5-7-9-11-13-15-16-17-18-19-20-21-22-23-25-27-29-31-33-38(48)43(51)45-36(37(47)32-30-28-26-24-14-12-10-8-6-4-2)35-55-44-41(50)42(57-58(52,53)54)40(49)39(34-46)56-44/h6,8,14,24,30,32,36-42,44,46-50H,3-5,7,9-13,15-23,25-29,31,33-35H2,1-2H3,(H,45,51)(H,52,53,54)/b8-6+,24-14+,32-30+. The average molecular weight is 848 g/mol. The molecule has 1 heterocycles. The Labute approximate surface area is 350 Å². The van der Waals surface area contributed by atoms with Crippen molar-refractivity contribution in [3.63, 3.8) is 0 Å². The molecule has 0 aromatic carbocycles. The van der Waals surface area contributed by atoms with Gasteiger partial charge in [-0.3, -0.25) is 9.35 Å². The summed E-state index contributed by atoms with van der Waals surface area (Å²) in [6.45, 7) is 3.06. The van der Waals surface area contributed by atoms with Crippen LogP contribution < -0.4 is 5.32 Å². The van der Waals surface area contributed by atoms with Crippen molar-refractivity contribution in [2.24, 2.45) is 0 Å². The number of allylic oxidation sites excluding steroid dienone is 5. The topological polar surface area (TPSA) is 212 Å². The summed E-state index contributed by atoms with van der Waals surface area (Å²) in [6.07, 6.45) is 28.3. The summed E-state index contributed by atoms with van der Waals surface area (Å²) in [5.41, 5.74) is 0. The van der Waals surface area contributed by atoms with Gasteiger partial charge in [0.15, 0.2) is 6.29 Å². The van der Waals surface area contributed by atoms with Gasteiger partial charge in [0, 0.05) is 0 Å². The zero-order valence-corrected chi connectivity index (χ0v) is 36.5. The highest BCUT2D eigenvalue weighted by Crippen LogP contribution is 2.26. The lowest BCUT2D eigenvalue weighted by Crippen LogP contribution is -2.61. The Hall–Kier alpha value is -1.72. The monoisotopic (exact) mass is 848 g/mol. The molecular formula is C44H81NO12S. The largest absolute Gasteiger partial charge is 0.397 e. The molecule has 58 heavy (non-hydrogen) atoms. The van der Waals surface area contributed by atoms with Gasteiger partial charge >= 0.3 is 10.4 Å². The van der Waals surface area contributed by atoms with E-state index in [2.05, 4.69) is 47.7 Å². The normalized spacial score (nSPS) is 22.0. The third-order valence-corrected chi connectivity index (χ3v) is 11.0. The Morgan fingerprint density at radius 1 is 0.707 bits per heavy atom. The third-order valence-electron chi connectivity index (χ3n) is 10.5. The van der Waals surface area contributed by atoms with Crippen molar-refractivity contribution in [1.82, 2.24) is 5.32 Å². The summed E-state index contributed by atoms with van der Waals surface area (Å²) in [4.78, 5) is 13.1. The minimum Gasteiger partial charge on any atom is -0.394 e. The van der Waals surface area contributed by atoms with E-state index >= 15 is 0 Å². The first-order valence-electron chi connectivity index (χ1n) is 22.5. The molecule has 13 nitrogen and oxygen atoms in total. The van der Waals surface area contributed by atoms with Crippen molar-refractivity contribution in [2.75, 3.05) is 13.2 Å². The van der Waals surface area contributed by atoms with Gasteiger partial charge < -0.3 is 40.3 Å². The molecule has 0 aromatic rings. The molecular weight excluding hydrogens is 767 g/mol. The minimum absolute atomic E-state index is 0.236. The lowest BCUT2D eigenvalue weighted by molar-refractivity contribution is -0.298. The van der Waals surface area contributed by atoms with Crippen LogP contribution in [0.1, 0.15) is 174 Å². The summed E-state index contributed by atoms with van der Waals surface area (Å²) in [5.74, 6) is -0.718. The number of rotatable bonds is 37. The fourth-order valence-corrected chi connectivity index (χ4v) is 7.48. The van der Waals surface area contributed by atoms with Crippen molar-refractivity contribution in [1.29, 1.82) is 0 Å². The third kappa shape index (κ3) is 27.2. The van der Waals surface area contributed by atoms with Gasteiger partial charge in [-0.15, -0.1) is 0 Å². The molecule has 0 spiro atoms. The smallest absolute Gasteiger partial charge is 0.394 e. The molecule has 8 unspecified atom stereocenters. The van der Waals surface area contributed by atoms with Crippen LogP contribution in [0.3, 0.4) is 0 Å². The van der Waals surface area contributed by atoms with Gasteiger partial charge in [0.1, 0.15) is 30.5 Å². The van der Waals surface area contributed by atoms with E-state index in [9.17, 15) is 38.7 Å². The molecule has 1 aliphatic rings. The summed E-state index contributed by atoms with van der Waals surface area (Å²) in [6, 6.07) is -1.14. The fraction of sp³-hybridized carbons (Fsp3) is 0.841. The summed E-state index contributed by atoms with van der Waals surface area (Å²) in [5, 5.41) is 55.0. The maximum atomic E-state index is 13.1. The number of aliphatic hydroxyl groups excluding tert-OH is 5. The molecule has 1 saturated heterocycles. The number of carbonyl (C=O) groups excluding carboxylic acids is 1. The number of aliphatic hydroxyl groups is 5. The summed E-state index contributed by atoms with van der Waals surface area (Å²) in [7, 11) is -5.12. The number of amides is 1. The molecule has 0 radical (unpaired) electrons. The molecule has 14 heteroatoms. The Morgan fingerprint density at radius 2 is 1.17 bits per heavy atom. The molecule has 1 amide bonds. The van der Waals surface area contributed by atoms with Crippen LogP contribution >= 0.6 is 0 Å². The van der Waals surface area contributed by atoms with Crippen LogP contribution in [0.2, 0.25) is 0 Å². The number of ether oxygens (including phenoxy) is 2. The molecule has 1 rings (SSSR count). The predicted octanol–water partition coefficient (Wildman–Crippen LogP) is 7.30. The van der Waals surface area contributed by atoms with Gasteiger partial charge in [-0.1, -0.05) is 172 Å². The maximum Gasteiger partial charge on any atom is 0.397 e. The molecule has 7 N–H and O–H groups in total. The van der Waals surface area contributed by atoms with E-state index in [4.69, 9.17) is 14.0 Å². The highest BCUT2D eigenvalue weighted by Gasteiger charge is 2.48. The molecule has 0 saturated carbocycles. The van der Waals surface area contributed by atoms with Crippen LogP contribution in [0.4, 0.5) is 0 Å². The van der Waals surface area contributed by atoms with Crippen molar-refractivity contribution in [3.8, 4) is 0 Å². The summed E-state index contributed by atoms with van der Waals surface area (Å²) < 4.78 is 47.3. The molecule has 0 bridgehead atoms.